The van der Waals surface area contributed by atoms with Crippen molar-refractivity contribution in [2.24, 2.45) is 0 Å². The number of fused-ring (bicyclic) bond motifs is 1. The van der Waals surface area contributed by atoms with Crippen molar-refractivity contribution in [3.05, 3.63) is 39.5 Å². The second kappa shape index (κ2) is 8.26. The first-order valence-corrected chi connectivity index (χ1v) is 8.90. The molecule has 1 N–H and O–H groups in total. The highest BCUT2D eigenvalue weighted by Crippen LogP contribution is 2.30. The van der Waals surface area contributed by atoms with Crippen LogP contribution >= 0.6 is 11.6 Å². The first-order chi connectivity index (χ1) is 14.0. The second-order valence-electron chi connectivity index (χ2n) is 6.45. The molecule has 3 aromatic heterocycles. The first-order valence-electron chi connectivity index (χ1n) is 8.52. The highest BCUT2D eigenvalue weighted by atomic mass is 35.5. The molecule has 3 aromatic rings. The molecule has 3 rings (SSSR count). The van der Waals surface area contributed by atoms with Gasteiger partial charge in [0, 0.05) is 5.92 Å². The lowest BCUT2D eigenvalue weighted by Gasteiger charge is -2.17. The van der Waals surface area contributed by atoms with E-state index in [1.807, 2.05) is 0 Å². The molecule has 160 valence electrons. The molecule has 10 nitrogen and oxygen atoms in total. The molecule has 30 heavy (non-hydrogen) atoms. The minimum Gasteiger partial charge on any atom is -0.480 e. The summed E-state index contributed by atoms with van der Waals surface area (Å²) in [6.07, 6.45) is -3.28. The predicted molar refractivity (Wildman–Crippen MR) is 98.6 cm³/mol. The van der Waals surface area contributed by atoms with Crippen molar-refractivity contribution in [1.29, 1.82) is 0 Å². The average Bonchev–Trinajstić information content (AvgIpc) is 3.11. The number of halogens is 4. The van der Waals surface area contributed by atoms with Crippen LogP contribution in [-0.4, -0.2) is 48.3 Å². The molecule has 1 amide bonds. The van der Waals surface area contributed by atoms with Gasteiger partial charge >= 0.3 is 6.18 Å². The van der Waals surface area contributed by atoms with E-state index in [0.29, 0.717) is 5.65 Å². The number of hydrogen-bond donors (Lipinski definition) is 1. The van der Waals surface area contributed by atoms with Gasteiger partial charge in [0.25, 0.3) is 5.56 Å². The summed E-state index contributed by atoms with van der Waals surface area (Å²) < 4.78 is 44.3. The van der Waals surface area contributed by atoms with Crippen LogP contribution in [0.2, 0.25) is 5.02 Å². The molecule has 0 saturated heterocycles. The number of carbonyl (C=O) groups is 1. The van der Waals surface area contributed by atoms with Crippen LogP contribution in [0.4, 0.5) is 19.0 Å². The van der Waals surface area contributed by atoms with Crippen LogP contribution in [0.15, 0.2) is 23.3 Å². The van der Waals surface area contributed by atoms with Crippen LogP contribution in [-0.2, 0) is 11.3 Å². The fourth-order valence-electron chi connectivity index (χ4n) is 2.43. The quantitative estimate of drug-likeness (QED) is 0.617. The number of rotatable bonds is 6. The molecule has 0 bridgehead atoms. The van der Waals surface area contributed by atoms with Gasteiger partial charge in [-0.2, -0.15) is 22.8 Å². The molecule has 0 fully saturated rings. The van der Waals surface area contributed by atoms with E-state index in [0.717, 1.165) is 4.68 Å². The van der Waals surface area contributed by atoms with E-state index < -0.39 is 47.5 Å². The Kier molecular flexibility index (Phi) is 5.92. The van der Waals surface area contributed by atoms with Crippen LogP contribution < -0.4 is 15.6 Å². The first kappa shape index (κ1) is 21.5. The molecular formula is C16H15ClF3N7O3. The lowest BCUT2D eigenvalue weighted by molar-refractivity contribution is -0.153. The van der Waals surface area contributed by atoms with Crippen molar-refractivity contribution in [3.8, 4) is 5.75 Å². The van der Waals surface area contributed by atoms with Crippen molar-refractivity contribution < 1.29 is 22.7 Å². The van der Waals surface area contributed by atoms with Gasteiger partial charge in [-0.1, -0.05) is 25.4 Å². The van der Waals surface area contributed by atoms with E-state index in [1.54, 1.807) is 19.9 Å². The summed E-state index contributed by atoms with van der Waals surface area (Å²) in [4.78, 5) is 24.7. The highest BCUT2D eigenvalue weighted by Gasteiger charge is 2.31. The summed E-state index contributed by atoms with van der Waals surface area (Å²) in [6, 6.07) is 3.05. The number of aromatic nitrogens is 6. The van der Waals surface area contributed by atoms with Crippen molar-refractivity contribution in [1.82, 2.24) is 29.6 Å². The second-order valence-corrected chi connectivity index (χ2v) is 6.83. The van der Waals surface area contributed by atoms with Crippen LogP contribution in [0.5, 0.6) is 5.75 Å². The number of anilines is 1. The SMILES string of the molecule is CC(C)c1nn(CC(=O)Nc2ccc3nncn3n2)c(=O)c(Cl)c1OCC(F)(F)F. The summed E-state index contributed by atoms with van der Waals surface area (Å²) in [5.74, 6) is -1.37. The zero-order valence-corrected chi connectivity index (χ0v) is 16.4. The van der Waals surface area contributed by atoms with Gasteiger partial charge in [0.1, 0.15) is 18.6 Å². The Morgan fingerprint density at radius 3 is 2.70 bits per heavy atom. The van der Waals surface area contributed by atoms with E-state index in [-0.39, 0.29) is 11.5 Å². The molecular weight excluding hydrogens is 431 g/mol. The largest absolute Gasteiger partial charge is 0.480 e. The van der Waals surface area contributed by atoms with Gasteiger partial charge in [0.2, 0.25) is 5.91 Å². The number of alkyl halides is 3. The van der Waals surface area contributed by atoms with Crippen LogP contribution in [0, 0.1) is 0 Å². The van der Waals surface area contributed by atoms with E-state index in [4.69, 9.17) is 16.3 Å². The summed E-state index contributed by atoms with van der Waals surface area (Å²) in [5, 5.41) is 17.4. The molecule has 0 radical (unpaired) electrons. The number of nitrogens with zero attached hydrogens (tertiary/aromatic N) is 6. The monoisotopic (exact) mass is 445 g/mol. The lowest BCUT2D eigenvalue weighted by atomic mass is 10.1. The Morgan fingerprint density at radius 1 is 1.30 bits per heavy atom. The Labute approximate surface area is 171 Å². The zero-order valence-electron chi connectivity index (χ0n) is 15.6. The lowest BCUT2D eigenvalue weighted by Crippen LogP contribution is -2.32. The van der Waals surface area contributed by atoms with E-state index in [2.05, 4.69) is 25.7 Å². The number of nitrogens with one attached hydrogen (secondary N) is 1. The molecule has 0 spiro atoms. The highest BCUT2D eigenvalue weighted by molar-refractivity contribution is 6.31. The number of hydrogen-bond acceptors (Lipinski definition) is 7. The number of ether oxygens (including phenoxy) is 1. The summed E-state index contributed by atoms with van der Waals surface area (Å²) in [5.41, 5.74) is -0.481. The maximum Gasteiger partial charge on any atom is 0.422 e. The van der Waals surface area contributed by atoms with E-state index in [9.17, 15) is 22.8 Å². The fourth-order valence-corrected chi connectivity index (χ4v) is 2.68. The Balaban J connectivity index is 1.84. The van der Waals surface area contributed by atoms with Crippen molar-refractivity contribution in [2.75, 3.05) is 11.9 Å². The molecule has 0 aliphatic heterocycles. The average molecular weight is 446 g/mol. The summed E-state index contributed by atoms with van der Waals surface area (Å²) in [6.45, 7) is 1.09. The third-order valence-electron chi connectivity index (χ3n) is 3.73. The summed E-state index contributed by atoms with van der Waals surface area (Å²) >= 11 is 5.95. The van der Waals surface area contributed by atoms with Gasteiger partial charge in [0.05, 0.1) is 0 Å². The van der Waals surface area contributed by atoms with Crippen LogP contribution in [0.3, 0.4) is 0 Å². The van der Waals surface area contributed by atoms with Gasteiger partial charge < -0.3 is 10.1 Å². The minimum absolute atomic E-state index is 0.0145. The molecule has 0 atom stereocenters. The molecule has 0 unspecified atom stereocenters. The van der Waals surface area contributed by atoms with Gasteiger partial charge in [-0.05, 0) is 12.1 Å². The molecule has 0 aliphatic rings. The standard InChI is InChI=1S/C16H15ClF3N7O3/c1-8(2)13-14(30-6-16(18,19)20)12(17)15(29)26(25-13)5-11(28)22-9-3-4-10-23-21-7-27(10)24-9/h3-4,7-8H,5-6H2,1-2H3,(H,22,24,28). The van der Waals surface area contributed by atoms with Crippen molar-refractivity contribution in [2.45, 2.75) is 32.5 Å². The summed E-state index contributed by atoms with van der Waals surface area (Å²) in [7, 11) is 0. The van der Waals surface area contributed by atoms with Gasteiger partial charge in [-0.15, -0.1) is 15.3 Å². The Hall–Kier alpha value is -3.22. The van der Waals surface area contributed by atoms with Gasteiger partial charge in [-0.3, -0.25) is 9.59 Å². The zero-order chi connectivity index (χ0) is 22.1. The molecule has 0 aromatic carbocycles. The Morgan fingerprint density at radius 2 is 2.03 bits per heavy atom. The van der Waals surface area contributed by atoms with Gasteiger partial charge in [-0.25, -0.2) is 4.68 Å². The third-order valence-corrected chi connectivity index (χ3v) is 4.07. The minimum atomic E-state index is -4.62. The van der Waals surface area contributed by atoms with E-state index in [1.165, 1.54) is 16.9 Å². The normalized spacial score (nSPS) is 11.8. The molecule has 0 aliphatic carbocycles. The molecule has 0 saturated carbocycles. The topological polar surface area (TPSA) is 116 Å². The van der Waals surface area contributed by atoms with Crippen LogP contribution in [0.25, 0.3) is 5.65 Å². The number of carbonyl (C=O) groups excluding carboxylic acids is 1. The van der Waals surface area contributed by atoms with E-state index >= 15 is 0 Å². The molecule has 14 heteroatoms. The van der Waals surface area contributed by atoms with Gasteiger partial charge in [0.15, 0.2) is 28.8 Å². The maximum atomic E-state index is 12.5. The molecule has 3 heterocycles. The fraction of sp³-hybridized carbons (Fsp3) is 0.375. The maximum absolute atomic E-state index is 12.5. The van der Waals surface area contributed by atoms with Crippen molar-refractivity contribution >= 4 is 29.0 Å². The van der Waals surface area contributed by atoms with Crippen molar-refractivity contribution in [3.63, 3.8) is 0 Å². The smallest absolute Gasteiger partial charge is 0.422 e. The third kappa shape index (κ3) is 4.84. The number of amides is 1. The Bertz CT molecular complexity index is 1140. The van der Waals surface area contributed by atoms with Crippen LogP contribution in [0.1, 0.15) is 25.5 Å². The predicted octanol–water partition coefficient (Wildman–Crippen LogP) is 2.04.